The Hall–Kier alpha value is -0.180. The van der Waals surface area contributed by atoms with E-state index in [0.717, 1.165) is 18.2 Å². The van der Waals surface area contributed by atoms with Gasteiger partial charge in [0, 0.05) is 18.2 Å². The van der Waals surface area contributed by atoms with Gasteiger partial charge in [0.15, 0.2) is 0 Å². The Morgan fingerprint density at radius 2 is 2.30 bits per heavy atom. The fraction of sp³-hybridized carbons (Fsp3) is 0.857. The van der Waals surface area contributed by atoms with Crippen LogP contribution in [0.1, 0.15) is 13.8 Å². The van der Waals surface area contributed by atoms with Gasteiger partial charge in [-0.3, -0.25) is 4.79 Å². The summed E-state index contributed by atoms with van der Waals surface area (Å²) < 4.78 is 0. The van der Waals surface area contributed by atoms with E-state index in [4.69, 9.17) is 0 Å². The van der Waals surface area contributed by atoms with Crippen LogP contribution in [0.3, 0.4) is 0 Å². The fourth-order valence-corrected chi connectivity index (χ4v) is 1.91. The second kappa shape index (κ2) is 3.28. The molecule has 1 fully saturated rings. The van der Waals surface area contributed by atoms with Gasteiger partial charge in [-0.25, -0.2) is 0 Å². The molecule has 0 atom stereocenters. The summed E-state index contributed by atoms with van der Waals surface area (Å²) in [6, 6.07) is 0. The maximum Gasteiger partial charge on any atom is 0.225 e. The van der Waals surface area contributed by atoms with Crippen molar-refractivity contribution in [1.29, 1.82) is 0 Å². The number of thioether (sulfide) groups is 1. The van der Waals surface area contributed by atoms with E-state index in [1.165, 1.54) is 0 Å². The zero-order valence-electron chi connectivity index (χ0n) is 6.46. The maximum absolute atomic E-state index is 11.3. The largest absolute Gasteiger partial charge is 0.332 e. The van der Waals surface area contributed by atoms with Gasteiger partial charge in [0.25, 0.3) is 0 Å². The second-order valence-corrected chi connectivity index (χ2v) is 3.87. The van der Waals surface area contributed by atoms with E-state index in [2.05, 4.69) is 0 Å². The van der Waals surface area contributed by atoms with Gasteiger partial charge in [-0.2, -0.15) is 0 Å². The molecule has 0 spiro atoms. The van der Waals surface area contributed by atoms with Crippen LogP contribution in [0.15, 0.2) is 0 Å². The molecule has 0 radical (unpaired) electrons. The van der Waals surface area contributed by atoms with E-state index in [1.54, 1.807) is 0 Å². The quantitative estimate of drug-likeness (QED) is 0.572. The lowest BCUT2D eigenvalue weighted by Crippen LogP contribution is -2.31. The van der Waals surface area contributed by atoms with Gasteiger partial charge in [0.05, 0.1) is 5.88 Å². The SMILES string of the molecule is CC(C)C(=O)N1CCSC1. The third-order valence-electron chi connectivity index (χ3n) is 1.56. The minimum Gasteiger partial charge on any atom is -0.332 e. The third-order valence-corrected chi connectivity index (χ3v) is 2.52. The van der Waals surface area contributed by atoms with E-state index in [-0.39, 0.29) is 5.92 Å². The number of hydrogen-bond acceptors (Lipinski definition) is 2. The predicted octanol–water partition coefficient (Wildman–Crippen LogP) is 1.18. The highest BCUT2D eigenvalue weighted by molar-refractivity contribution is 7.99. The Balaban J connectivity index is 2.40. The van der Waals surface area contributed by atoms with E-state index in [0.29, 0.717) is 5.91 Å². The molecule has 1 aliphatic rings. The van der Waals surface area contributed by atoms with Crippen molar-refractivity contribution < 1.29 is 4.79 Å². The molecular formula is C7H13NOS. The molecule has 0 unspecified atom stereocenters. The van der Waals surface area contributed by atoms with Crippen LogP contribution in [-0.2, 0) is 4.79 Å². The fourth-order valence-electron chi connectivity index (χ4n) is 0.953. The van der Waals surface area contributed by atoms with Crippen LogP contribution in [0.2, 0.25) is 0 Å². The Morgan fingerprint density at radius 1 is 1.60 bits per heavy atom. The lowest BCUT2D eigenvalue weighted by atomic mass is 10.2. The number of nitrogens with zero attached hydrogens (tertiary/aromatic N) is 1. The van der Waals surface area contributed by atoms with Crippen molar-refractivity contribution >= 4 is 17.7 Å². The summed E-state index contributed by atoms with van der Waals surface area (Å²) in [5, 5.41) is 0. The van der Waals surface area contributed by atoms with Crippen molar-refractivity contribution in [3.8, 4) is 0 Å². The standard InChI is InChI=1S/C7H13NOS/c1-6(2)7(9)8-3-4-10-5-8/h6H,3-5H2,1-2H3. The molecule has 0 aromatic rings. The van der Waals surface area contributed by atoms with Gasteiger partial charge in [-0.15, -0.1) is 11.8 Å². The summed E-state index contributed by atoms with van der Waals surface area (Å²) in [5.74, 6) is 2.47. The molecular weight excluding hydrogens is 146 g/mol. The normalized spacial score (nSPS) is 18.5. The molecule has 1 rings (SSSR count). The first-order chi connectivity index (χ1) is 4.72. The van der Waals surface area contributed by atoms with Crippen LogP contribution in [0, 0.1) is 5.92 Å². The van der Waals surface area contributed by atoms with E-state index >= 15 is 0 Å². The predicted molar refractivity (Wildman–Crippen MR) is 43.9 cm³/mol. The van der Waals surface area contributed by atoms with Gasteiger partial charge in [0.1, 0.15) is 0 Å². The first kappa shape index (κ1) is 7.92. The average Bonchev–Trinajstić information content (AvgIpc) is 2.36. The molecule has 0 saturated carbocycles. The van der Waals surface area contributed by atoms with Crippen molar-refractivity contribution in [2.24, 2.45) is 5.92 Å². The number of hydrogen-bond donors (Lipinski definition) is 0. The molecule has 0 N–H and O–H groups in total. The van der Waals surface area contributed by atoms with Crippen molar-refractivity contribution in [2.75, 3.05) is 18.2 Å². The van der Waals surface area contributed by atoms with Crippen LogP contribution in [0.5, 0.6) is 0 Å². The van der Waals surface area contributed by atoms with Gasteiger partial charge >= 0.3 is 0 Å². The van der Waals surface area contributed by atoms with Crippen molar-refractivity contribution in [1.82, 2.24) is 4.90 Å². The molecule has 58 valence electrons. The van der Waals surface area contributed by atoms with Crippen LogP contribution >= 0.6 is 11.8 Å². The average molecular weight is 159 g/mol. The molecule has 0 bridgehead atoms. The molecule has 3 heteroatoms. The Bertz CT molecular complexity index is 130. The van der Waals surface area contributed by atoms with Gasteiger partial charge in [-0.1, -0.05) is 13.8 Å². The van der Waals surface area contributed by atoms with E-state index in [1.807, 2.05) is 30.5 Å². The maximum atomic E-state index is 11.3. The van der Waals surface area contributed by atoms with Crippen LogP contribution in [0.4, 0.5) is 0 Å². The molecule has 10 heavy (non-hydrogen) atoms. The minimum absolute atomic E-state index is 0.165. The first-order valence-electron chi connectivity index (χ1n) is 3.58. The molecule has 0 aromatic heterocycles. The molecule has 0 aliphatic carbocycles. The van der Waals surface area contributed by atoms with Crippen molar-refractivity contribution in [3.63, 3.8) is 0 Å². The van der Waals surface area contributed by atoms with Crippen LogP contribution in [0.25, 0.3) is 0 Å². The summed E-state index contributed by atoms with van der Waals surface area (Å²) in [4.78, 5) is 13.2. The zero-order valence-corrected chi connectivity index (χ0v) is 7.28. The Morgan fingerprint density at radius 3 is 2.70 bits per heavy atom. The van der Waals surface area contributed by atoms with Crippen molar-refractivity contribution in [3.05, 3.63) is 0 Å². The minimum atomic E-state index is 0.165. The highest BCUT2D eigenvalue weighted by atomic mass is 32.2. The van der Waals surface area contributed by atoms with Gasteiger partial charge in [0.2, 0.25) is 5.91 Å². The molecule has 1 saturated heterocycles. The summed E-state index contributed by atoms with van der Waals surface area (Å²) in [6.45, 7) is 4.85. The molecule has 1 amide bonds. The van der Waals surface area contributed by atoms with Gasteiger partial charge in [-0.05, 0) is 0 Å². The monoisotopic (exact) mass is 159 g/mol. The van der Waals surface area contributed by atoms with Crippen molar-refractivity contribution in [2.45, 2.75) is 13.8 Å². The highest BCUT2D eigenvalue weighted by Gasteiger charge is 2.19. The lowest BCUT2D eigenvalue weighted by molar-refractivity contribution is -0.132. The number of carbonyl (C=O) groups is 1. The third kappa shape index (κ3) is 1.66. The lowest BCUT2D eigenvalue weighted by Gasteiger charge is -2.16. The summed E-state index contributed by atoms with van der Waals surface area (Å²) in [7, 11) is 0. The summed E-state index contributed by atoms with van der Waals surface area (Å²) in [6.07, 6.45) is 0. The zero-order chi connectivity index (χ0) is 7.56. The number of carbonyl (C=O) groups excluding carboxylic acids is 1. The first-order valence-corrected chi connectivity index (χ1v) is 4.74. The van der Waals surface area contributed by atoms with E-state index in [9.17, 15) is 4.79 Å². The molecule has 1 aliphatic heterocycles. The van der Waals surface area contributed by atoms with E-state index < -0.39 is 0 Å². The Labute approximate surface area is 66.0 Å². The smallest absolute Gasteiger partial charge is 0.225 e. The van der Waals surface area contributed by atoms with Crippen LogP contribution < -0.4 is 0 Å². The molecule has 2 nitrogen and oxygen atoms in total. The highest BCUT2D eigenvalue weighted by Crippen LogP contribution is 2.15. The summed E-state index contributed by atoms with van der Waals surface area (Å²) >= 11 is 1.83. The summed E-state index contributed by atoms with van der Waals surface area (Å²) in [5.41, 5.74) is 0. The number of amides is 1. The topological polar surface area (TPSA) is 20.3 Å². The Kier molecular flexibility index (Phi) is 2.60. The van der Waals surface area contributed by atoms with Gasteiger partial charge < -0.3 is 4.90 Å². The van der Waals surface area contributed by atoms with Crippen LogP contribution in [-0.4, -0.2) is 29.0 Å². The second-order valence-electron chi connectivity index (χ2n) is 2.79. The number of rotatable bonds is 1. The molecule has 1 heterocycles. The molecule has 0 aromatic carbocycles.